The largest absolute Gasteiger partial charge is 0.486 e. The molecular formula is C24H29N3O4. The fourth-order valence-electron chi connectivity index (χ4n) is 4.03. The second-order valence-corrected chi connectivity index (χ2v) is 7.88. The first-order chi connectivity index (χ1) is 15.1. The summed E-state index contributed by atoms with van der Waals surface area (Å²) in [5.41, 5.74) is 2.65. The molecule has 2 aliphatic heterocycles. The minimum Gasteiger partial charge on any atom is -0.486 e. The fourth-order valence-corrected chi connectivity index (χ4v) is 4.03. The maximum atomic E-state index is 12.9. The van der Waals surface area contributed by atoms with Gasteiger partial charge >= 0.3 is 0 Å². The first-order valence-corrected chi connectivity index (χ1v) is 10.9. The van der Waals surface area contributed by atoms with Crippen LogP contribution in [0, 0.1) is 5.92 Å². The average Bonchev–Trinajstić information content (AvgIpc) is 3.19. The van der Waals surface area contributed by atoms with Crippen molar-refractivity contribution in [2.24, 2.45) is 5.92 Å². The first kappa shape index (κ1) is 21.2. The molecule has 0 saturated carbocycles. The highest BCUT2D eigenvalue weighted by molar-refractivity contribution is 6.03. The molecule has 4 rings (SSSR count). The lowest BCUT2D eigenvalue weighted by Gasteiger charge is -2.22. The standard InChI is InChI=1S/C24H29N3O4/c1-3-26(4-2)15-17-6-5-7-19(12-17)25-24(29)18-13-23(28)27(16-18)20-8-9-21-22(14-20)31-11-10-30-21/h5-9,12,14,18H,3-4,10-11,13,15-16H2,1-2H3,(H,25,29). The van der Waals surface area contributed by atoms with E-state index in [4.69, 9.17) is 9.47 Å². The molecule has 7 nitrogen and oxygen atoms in total. The van der Waals surface area contributed by atoms with Crippen LogP contribution in [-0.2, 0) is 16.1 Å². The number of ether oxygens (including phenoxy) is 2. The number of amides is 2. The molecule has 2 aromatic rings. The Labute approximate surface area is 182 Å². The van der Waals surface area contributed by atoms with Crippen LogP contribution in [0.2, 0.25) is 0 Å². The molecule has 0 aromatic heterocycles. The van der Waals surface area contributed by atoms with E-state index in [1.165, 1.54) is 0 Å². The van der Waals surface area contributed by atoms with Crippen LogP contribution < -0.4 is 19.7 Å². The predicted octanol–water partition coefficient (Wildman–Crippen LogP) is 3.29. The molecule has 1 N–H and O–H groups in total. The number of carbonyl (C=O) groups excluding carboxylic acids is 2. The summed E-state index contributed by atoms with van der Waals surface area (Å²) in [7, 11) is 0. The molecule has 1 unspecified atom stereocenters. The Kier molecular flexibility index (Phi) is 6.42. The summed E-state index contributed by atoms with van der Waals surface area (Å²) in [6.45, 7) is 8.44. The van der Waals surface area contributed by atoms with Crippen molar-refractivity contribution < 1.29 is 19.1 Å². The molecule has 7 heteroatoms. The van der Waals surface area contributed by atoms with Crippen molar-refractivity contribution in [1.82, 2.24) is 4.90 Å². The van der Waals surface area contributed by atoms with Gasteiger partial charge in [-0.05, 0) is 42.9 Å². The van der Waals surface area contributed by atoms with Crippen LogP contribution in [0.3, 0.4) is 0 Å². The zero-order chi connectivity index (χ0) is 21.8. The number of rotatable bonds is 7. The Morgan fingerprint density at radius 2 is 1.87 bits per heavy atom. The number of nitrogens with one attached hydrogen (secondary N) is 1. The molecule has 2 heterocycles. The number of hydrogen-bond acceptors (Lipinski definition) is 5. The van der Waals surface area contributed by atoms with Crippen molar-refractivity contribution >= 4 is 23.2 Å². The quantitative estimate of drug-likeness (QED) is 0.740. The zero-order valence-corrected chi connectivity index (χ0v) is 18.1. The van der Waals surface area contributed by atoms with Crippen LogP contribution in [0.5, 0.6) is 11.5 Å². The molecule has 2 amide bonds. The van der Waals surface area contributed by atoms with Gasteiger partial charge in [0.05, 0.1) is 5.92 Å². The number of carbonyl (C=O) groups is 2. The SMILES string of the molecule is CCN(CC)Cc1cccc(NC(=O)C2CC(=O)N(c3ccc4c(c3)OCCO4)C2)c1. The Bertz CT molecular complexity index is 958. The van der Waals surface area contributed by atoms with E-state index in [1.807, 2.05) is 36.4 Å². The molecule has 0 radical (unpaired) electrons. The third-order valence-electron chi connectivity index (χ3n) is 5.83. The van der Waals surface area contributed by atoms with E-state index in [2.05, 4.69) is 30.1 Å². The van der Waals surface area contributed by atoms with Gasteiger partial charge in [0.1, 0.15) is 13.2 Å². The molecule has 31 heavy (non-hydrogen) atoms. The van der Waals surface area contributed by atoms with Gasteiger partial charge in [-0.1, -0.05) is 26.0 Å². The third-order valence-corrected chi connectivity index (χ3v) is 5.83. The number of fused-ring (bicyclic) bond motifs is 1. The highest BCUT2D eigenvalue weighted by Gasteiger charge is 2.35. The van der Waals surface area contributed by atoms with Crippen molar-refractivity contribution in [3.63, 3.8) is 0 Å². The molecule has 2 aliphatic rings. The van der Waals surface area contributed by atoms with E-state index < -0.39 is 5.92 Å². The summed E-state index contributed by atoms with van der Waals surface area (Å²) in [5.74, 6) is 0.725. The molecule has 0 aliphatic carbocycles. The highest BCUT2D eigenvalue weighted by atomic mass is 16.6. The molecule has 164 valence electrons. The zero-order valence-electron chi connectivity index (χ0n) is 18.1. The Hall–Kier alpha value is -3.06. The van der Waals surface area contributed by atoms with E-state index in [1.54, 1.807) is 4.90 Å². The van der Waals surface area contributed by atoms with Crippen LogP contribution >= 0.6 is 0 Å². The lowest BCUT2D eigenvalue weighted by Crippen LogP contribution is -2.28. The molecule has 0 bridgehead atoms. The van der Waals surface area contributed by atoms with Crippen molar-refractivity contribution in [2.75, 3.05) is 43.1 Å². The normalized spacial score (nSPS) is 17.8. The van der Waals surface area contributed by atoms with E-state index in [0.717, 1.165) is 36.6 Å². The van der Waals surface area contributed by atoms with Crippen LogP contribution in [0.4, 0.5) is 11.4 Å². The van der Waals surface area contributed by atoms with Gasteiger partial charge in [-0.2, -0.15) is 0 Å². The lowest BCUT2D eigenvalue weighted by molar-refractivity contribution is -0.122. The smallest absolute Gasteiger partial charge is 0.229 e. The maximum Gasteiger partial charge on any atom is 0.229 e. The monoisotopic (exact) mass is 423 g/mol. The van der Waals surface area contributed by atoms with Crippen LogP contribution in [0.25, 0.3) is 0 Å². The van der Waals surface area contributed by atoms with Crippen LogP contribution in [0.15, 0.2) is 42.5 Å². The minimum atomic E-state index is -0.396. The Morgan fingerprint density at radius 3 is 2.65 bits per heavy atom. The number of nitrogens with zero attached hydrogens (tertiary/aromatic N) is 2. The van der Waals surface area contributed by atoms with E-state index in [9.17, 15) is 9.59 Å². The second kappa shape index (κ2) is 9.39. The van der Waals surface area contributed by atoms with Gasteiger partial charge in [0.25, 0.3) is 0 Å². The second-order valence-electron chi connectivity index (χ2n) is 7.88. The van der Waals surface area contributed by atoms with Crippen molar-refractivity contribution in [2.45, 2.75) is 26.8 Å². The van der Waals surface area contributed by atoms with Gasteiger partial charge in [0.2, 0.25) is 11.8 Å². The fraction of sp³-hybridized carbons (Fsp3) is 0.417. The average molecular weight is 424 g/mol. The van der Waals surface area contributed by atoms with Gasteiger partial charge in [-0.25, -0.2) is 0 Å². The van der Waals surface area contributed by atoms with Gasteiger partial charge in [0, 0.05) is 37.0 Å². The van der Waals surface area contributed by atoms with Gasteiger partial charge in [-0.3, -0.25) is 14.5 Å². The van der Waals surface area contributed by atoms with Gasteiger partial charge in [-0.15, -0.1) is 0 Å². The van der Waals surface area contributed by atoms with Crippen LogP contribution in [0.1, 0.15) is 25.8 Å². The van der Waals surface area contributed by atoms with E-state index >= 15 is 0 Å². The van der Waals surface area contributed by atoms with Crippen molar-refractivity contribution in [3.8, 4) is 11.5 Å². The number of anilines is 2. The van der Waals surface area contributed by atoms with Crippen molar-refractivity contribution in [1.29, 1.82) is 0 Å². The molecule has 1 saturated heterocycles. The van der Waals surface area contributed by atoms with Crippen LogP contribution in [-0.4, -0.2) is 49.6 Å². The molecule has 2 aromatic carbocycles. The molecule has 1 atom stereocenters. The minimum absolute atomic E-state index is 0.0629. The van der Waals surface area contributed by atoms with E-state index in [0.29, 0.717) is 31.3 Å². The summed E-state index contributed by atoms with van der Waals surface area (Å²) in [6, 6.07) is 13.4. The number of benzene rings is 2. The number of hydrogen-bond donors (Lipinski definition) is 1. The predicted molar refractivity (Wildman–Crippen MR) is 120 cm³/mol. The molecule has 0 spiro atoms. The van der Waals surface area contributed by atoms with E-state index in [-0.39, 0.29) is 18.2 Å². The summed E-state index contributed by atoms with van der Waals surface area (Å²) in [6.07, 6.45) is 0.194. The summed E-state index contributed by atoms with van der Waals surface area (Å²) in [5, 5.41) is 3.00. The Balaban J connectivity index is 1.41. The maximum absolute atomic E-state index is 12.9. The lowest BCUT2D eigenvalue weighted by atomic mass is 10.1. The topological polar surface area (TPSA) is 71.1 Å². The third kappa shape index (κ3) is 4.82. The summed E-state index contributed by atoms with van der Waals surface area (Å²) < 4.78 is 11.2. The van der Waals surface area contributed by atoms with Gasteiger partial charge < -0.3 is 19.7 Å². The van der Waals surface area contributed by atoms with Gasteiger partial charge in [0.15, 0.2) is 11.5 Å². The molecular weight excluding hydrogens is 394 g/mol. The molecule has 1 fully saturated rings. The Morgan fingerprint density at radius 1 is 1.10 bits per heavy atom. The van der Waals surface area contributed by atoms with Crippen molar-refractivity contribution in [3.05, 3.63) is 48.0 Å². The summed E-state index contributed by atoms with van der Waals surface area (Å²) >= 11 is 0. The summed E-state index contributed by atoms with van der Waals surface area (Å²) in [4.78, 5) is 29.5. The first-order valence-electron chi connectivity index (χ1n) is 10.9. The highest BCUT2D eigenvalue weighted by Crippen LogP contribution is 2.36.